The van der Waals surface area contributed by atoms with Crippen LogP contribution in [0.5, 0.6) is 5.88 Å². The number of amides is 1. The Morgan fingerprint density at radius 2 is 2.13 bits per heavy atom. The fraction of sp³-hybridized carbons (Fsp3) is 0.364. The van der Waals surface area contributed by atoms with Gasteiger partial charge in [0.25, 0.3) is 0 Å². The van der Waals surface area contributed by atoms with Crippen molar-refractivity contribution in [2.24, 2.45) is 5.41 Å². The zero-order chi connectivity index (χ0) is 21.8. The van der Waals surface area contributed by atoms with Crippen molar-refractivity contribution in [3.05, 3.63) is 36.9 Å². The molecule has 5 rings (SSSR count). The predicted octanol–water partition coefficient (Wildman–Crippen LogP) is 2.95. The Labute approximate surface area is 179 Å². The van der Waals surface area contributed by atoms with Crippen LogP contribution in [0.15, 0.2) is 36.9 Å². The molecule has 0 bridgehead atoms. The van der Waals surface area contributed by atoms with E-state index < -0.39 is 0 Å². The fourth-order valence-corrected chi connectivity index (χ4v) is 4.55. The van der Waals surface area contributed by atoms with Crippen LogP contribution in [0.4, 0.5) is 5.95 Å². The summed E-state index contributed by atoms with van der Waals surface area (Å²) in [5, 5.41) is 4.19. The monoisotopic (exact) mass is 419 g/mol. The molecule has 0 radical (unpaired) electrons. The number of rotatable bonds is 5. The number of hydrogen-bond donors (Lipinski definition) is 2. The molecule has 4 aromatic heterocycles. The summed E-state index contributed by atoms with van der Waals surface area (Å²) in [6.45, 7) is 2.01. The SMILES string of the molecule is COc1nc(NC2CC(C)(C(=O)N(C)C)C2)nc2[nH]cc(-c3ccc4nccn4c3)c12. The van der Waals surface area contributed by atoms with Crippen molar-refractivity contribution in [1.29, 1.82) is 0 Å². The van der Waals surface area contributed by atoms with Crippen molar-refractivity contribution in [2.45, 2.75) is 25.8 Å². The van der Waals surface area contributed by atoms with E-state index in [-0.39, 0.29) is 17.4 Å². The van der Waals surface area contributed by atoms with Crippen molar-refractivity contribution < 1.29 is 9.53 Å². The van der Waals surface area contributed by atoms with E-state index in [9.17, 15) is 4.79 Å². The highest BCUT2D eigenvalue weighted by atomic mass is 16.5. The number of H-pyrrole nitrogens is 1. The number of nitrogens with zero attached hydrogens (tertiary/aromatic N) is 5. The summed E-state index contributed by atoms with van der Waals surface area (Å²) >= 11 is 0. The molecule has 31 heavy (non-hydrogen) atoms. The number of ether oxygens (including phenoxy) is 1. The lowest BCUT2D eigenvalue weighted by atomic mass is 9.66. The summed E-state index contributed by atoms with van der Waals surface area (Å²) in [7, 11) is 5.20. The molecule has 1 saturated carbocycles. The normalized spacial score (nSPS) is 20.6. The van der Waals surface area contributed by atoms with Crippen LogP contribution in [-0.2, 0) is 4.79 Å². The fourth-order valence-electron chi connectivity index (χ4n) is 4.55. The first kappa shape index (κ1) is 19.3. The Morgan fingerprint density at radius 1 is 1.32 bits per heavy atom. The summed E-state index contributed by atoms with van der Waals surface area (Å²) in [4.78, 5) is 30.8. The van der Waals surface area contributed by atoms with E-state index in [4.69, 9.17) is 4.74 Å². The molecule has 1 aliphatic rings. The summed E-state index contributed by atoms with van der Waals surface area (Å²) in [5.74, 6) is 1.15. The zero-order valence-corrected chi connectivity index (χ0v) is 18.0. The highest BCUT2D eigenvalue weighted by Gasteiger charge is 2.47. The van der Waals surface area contributed by atoms with E-state index in [1.807, 2.05) is 42.0 Å². The summed E-state index contributed by atoms with van der Waals surface area (Å²) in [5.41, 5.74) is 3.22. The van der Waals surface area contributed by atoms with Crippen LogP contribution in [-0.4, -0.2) is 62.4 Å². The van der Waals surface area contributed by atoms with Gasteiger partial charge in [-0.3, -0.25) is 4.79 Å². The number of anilines is 1. The van der Waals surface area contributed by atoms with Gasteiger partial charge >= 0.3 is 0 Å². The van der Waals surface area contributed by atoms with Gasteiger partial charge in [0, 0.05) is 56.1 Å². The molecule has 0 saturated heterocycles. The van der Waals surface area contributed by atoms with Gasteiger partial charge < -0.3 is 24.3 Å². The van der Waals surface area contributed by atoms with E-state index in [0.717, 1.165) is 35.0 Å². The van der Waals surface area contributed by atoms with E-state index in [1.165, 1.54) is 0 Å². The third-order valence-corrected chi connectivity index (χ3v) is 6.04. The number of hydrogen-bond acceptors (Lipinski definition) is 6. The number of methoxy groups -OCH3 is 1. The number of aromatic amines is 1. The topological polar surface area (TPSA) is 100 Å². The van der Waals surface area contributed by atoms with Gasteiger partial charge in [-0.1, -0.05) is 6.92 Å². The van der Waals surface area contributed by atoms with Gasteiger partial charge in [-0.2, -0.15) is 9.97 Å². The highest BCUT2D eigenvalue weighted by Crippen LogP contribution is 2.43. The minimum Gasteiger partial charge on any atom is -0.480 e. The summed E-state index contributed by atoms with van der Waals surface area (Å²) < 4.78 is 7.59. The lowest BCUT2D eigenvalue weighted by Crippen LogP contribution is -2.52. The molecule has 9 nitrogen and oxygen atoms in total. The van der Waals surface area contributed by atoms with Crippen LogP contribution in [0, 0.1) is 5.41 Å². The van der Waals surface area contributed by atoms with Crippen molar-refractivity contribution >= 4 is 28.5 Å². The molecule has 0 aliphatic heterocycles. The molecule has 1 aliphatic carbocycles. The zero-order valence-electron chi connectivity index (χ0n) is 18.0. The number of nitrogens with one attached hydrogen (secondary N) is 2. The van der Waals surface area contributed by atoms with Gasteiger partial charge in [0.15, 0.2) is 0 Å². The maximum absolute atomic E-state index is 12.4. The second kappa shape index (κ2) is 6.97. The largest absolute Gasteiger partial charge is 0.480 e. The molecule has 0 unspecified atom stereocenters. The average molecular weight is 419 g/mol. The molecular weight excluding hydrogens is 394 g/mol. The number of carbonyl (C=O) groups excluding carboxylic acids is 1. The Morgan fingerprint density at radius 3 is 2.87 bits per heavy atom. The van der Waals surface area contributed by atoms with E-state index >= 15 is 0 Å². The highest BCUT2D eigenvalue weighted by molar-refractivity contribution is 5.97. The molecule has 160 valence electrons. The van der Waals surface area contributed by atoms with E-state index in [2.05, 4.69) is 25.3 Å². The second-order valence-electron chi connectivity index (χ2n) is 8.60. The molecule has 2 N–H and O–H groups in total. The molecule has 9 heteroatoms. The number of aromatic nitrogens is 5. The molecular formula is C22H25N7O2. The molecule has 0 atom stereocenters. The Bertz CT molecular complexity index is 1280. The van der Waals surface area contributed by atoms with Crippen molar-refractivity contribution in [3.63, 3.8) is 0 Å². The maximum atomic E-state index is 12.4. The third-order valence-electron chi connectivity index (χ3n) is 6.04. The van der Waals surface area contributed by atoms with Gasteiger partial charge in [-0.05, 0) is 25.0 Å². The Balaban J connectivity index is 1.43. The van der Waals surface area contributed by atoms with Crippen LogP contribution in [0.3, 0.4) is 0 Å². The first-order chi connectivity index (χ1) is 14.9. The van der Waals surface area contributed by atoms with Crippen molar-refractivity contribution in [2.75, 3.05) is 26.5 Å². The standard InChI is InChI=1S/C22H25N7O2/c1-22(20(30)28(2)3)9-14(10-22)25-21-26-18-17(19(27-21)31-4)15(11-24-18)13-5-6-16-23-7-8-29(16)12-13/h5-8,11-12,14H,9-10H2,1-4H3,(H2,24,25,26,27). The quantitative estimate of drug-likeness (QED) is 0.516. The van der Waals surface area contributed by atoms with Crippen molar-refractivity contribution in [1.82, 2.24) is 29.2 Å². The van der Waals surface area contributed by atoms with Gasteiger partial charge in [0.1, 0.15) is 11.3 Å². The van der Waals surface area contributed by atoms with E-state index in [1.54, 1.807) is 32.3 Å². The van der Waals surface area contributed by atoms with Crippen molar-refractivity contribution in [3.8, 4) is 17.0 Å². The molecule has 4 aromatic rings. The Kier molecular flexibility index (Phi) is 4.35. The summed E-state index contributed by atoms with van der Waals surface area (Å²) in [6, 6.07) is 4.14. The minimum absolute atomic E-state index is 0.147. The predicted molar refractivity (Wildman–Crippen MR) is 118 cm³/mol. The number of pyridine rings is 1. The van der Waals surface area contributed by atoms with Crippen LogP contribution in [0.25, 0.3) is 27.8 Å². The molecule has 0 spiro atoms. The average Bonchev–Trinajstić information content (AvgIpc) is 3.37. The van der Waals surface area contributed by atoms with Gasteiger partial charge in [0.05, 0.1) is 17.9 Å². The minimum atomic E-state index is -0.332. The summed E-state index contributed by atoms with van der Waals surface area (Å²) in [6.07, 6.45) is 9.11. The third kappa shape index (κ3) is 3.17. The molecule has 4 heterocycles. The smallest absolute Gasteiger partial charge is 0.228 e. The van der Waals surface area contributed by atoms with Crippen LogP contribution in [0.1, 0.15) is 19.8 Å². The Hall–Kier alpha value is -3.62. The van der Waals surface area contributed by atoms with Gasteiger partial charge in [-0.25, -0.2) is 4.98 Å². The first-order valence-electron chi connectivity index (χ1n) is 10.2. The molecule has 1 fully saturated rings. The van der Waals surface area contributed by atoms with Gasteiger partial charge in [0.2, 0.25) is 17.7 Å². The van der Waals surface area contributed by atoms with Crippen LogP contribution < -0.4 is 10.1 Å². The molecule has 0 aromatic carbocycles. The van der Waals surface area contributed by atoms with E-state index in [0.29, 0.717) is 17.5 Å². The second-order valence-corrected chi connectivity index (χ2v) is 8.60. The lowest BCUT2D eigenvalue weighted by molar-refractivity contribution is -0.143. The molecule has 1 amide bonds. The van der Waals surface area contributed by atoms with Crippen LogP contribution >= 0.6 is 0 Å². The van der Waals surface area contributed by atoms with Gasteiger partial charge in [-0.15, -0.1) is 0 Å². The number of imidazole rings is 1. The maximum Gasteiger partial charge on any atom is 0.228 e. The number of carbonyl (C=O) groups is 1. The first-order valence-corrected chi connectivity index (χ1v) is 10.2. The lowest BCUT2D eigenvalue weighted by Gasteiger charge is -2.45. The number of fused-ring (bicyclic) bond motifs is 2. The van der Waals surface area contributed by atoms with Crippen LogP contribution in [0.2, 0.25) is 0 Å².